The van der Waals surface area contributed by atoms with Gasteiger partial charge in [0.15, 0.2) is 0 Å². The first-order valence-corrected chi connectivity index (χ1v) is 6.03. The number of nitrogens with zero attached hydrogens (tertiary/aromatic N) is 1. The number of aromatic nitrogens is 1. The molecule has 2 unspecified atom stereocenters. The molecule has 1 fully saturated rings. The van der Waals surface area contributed by atoms with Crippen LogP contribution in [0.5, 0.6) is 0 Å². The Labute approximate surface area is 106 Å². The van der Waals surface area contributed by atoms with Gasteiger partial charge in [-0.3, -0.25) is 9.59 Å². The van der Waals surface area contributed by atoms with Crippen LogP contribution in [0.1, 0.15) is 30.6 Å². The van der Waals surface area contributed by atoms with Crippen molar-refractivity contribution in [1.29, 1.82) is 0 Å². The molecule has 0 aliphatic carbocycles. The standard InChI is InChI=1S/C13H18N2O3/c1-9-13(2,5-7-18-9)14-12(17)10-4-6-15(3)11(16)8-10/h4,6,8-9H,5,7H2,1-3H3,(H,14,17). The van der Waals surface area contributed by atoms with Crippen molar-refractivity contribution in [1.82, 2.24) is 9.88 Å². The quantitative estimate of drug-likeness (QED) is 0.839. The van der Waals surface area contributed by atoms with Gasteiger partial charge in [0, 0.05) is 31.5 Å². The molecule has 2 rings (SSSR count). The van der Waals surface area contributed by atoms with E-state index in [0.29, 0.717) is 12.2 Å². The van der Waals surface area contributed by atoms with Crippen LogP contribution in [0.4, 0.5) is 0 Å². The number of ether oxygens (including phenoxy) is 1. The lowest BCUT2D eigenvalue weighted by Gasteiger charge is -2.28. The molecule has 0 bridgehead atoms. The maximum absolute atomic E-state index is 12.1. The first-order valence-electron chi connectivity index (χ1n) is 6.03. The van der Waals surface area contributed by atoms with E-state index in [9.17, 15) is 9.59 Å². The van der Waals surface area contributed by atoms with Gasteiger partial charge in [-0.15, -0.1) is 0 Å². The highest BCUT2D eigenvalue weighted by atomic mass is 16.5. The van der Waals surface area contributed by atoms with E-state index in [0.717, 1.165) is 6.42 Å². The van der Waals surface area contributed by atoms with Gasteiger partial charge >= 0.3 is 0 Å². The minimum atomic E-state index is -0.363. The highest BCUT2D eigenvalue weighted by molar-refractivity contribution is 5.94. The Kier molecular flexibility index (Phi) is 3.26. The number of hydrogen-bond acceptors (Lipinski definition) is 3. The number of nitrogens with one attached hydrogen (secondary N) is 1. The second-order valence-corrected chi connectivity index (χ2v) is 5.00. The van der Waals surface area contributed by atoms with Crippen molar-refractivity contribution in [2.45, 2.75) is 31.9 Å². The van der Waals surface area contributed by atoms with Gasteiger partial charge < -0.3 is 14.6 Å². The smallest absolute Gasteiger partial charge is 0.252 e. The normalized spacial score (nSPS) is 27.2. The highest BCUT2D eigenvalue weighted by Crippen LogP contribution is 2.25. The zero-order chi connectivity index (χ0) is 13.3. The molecule has 1 saturated heterocycles. The average Bonchev–Trinajstić information content (AvgIpc) is 2.63. The van der Waals surface area contributed by atoms with Crippen LogP contribution in [-0.4, -0.2) is 28.7 Å². The van der Waals surface area contributed by atoms with Crippen molar-refractivity contribution in [3.63, 3.8) is 0 Å². The summed E-state index contributed by atoms with van der Waals surface area (Å²) in [4.78, 5) is 23.6. The molecule has 1 aliphatic heterocycles. The fraction of sp³-hybridized carbons (Fsp3) is 0.538. The largest absolute Gasteiger partial charge is 0.376 e. The van der Waals surface area contributed by atoms with Gasteiger partial charge in [-0.05, 0) is 26.3 Å². The van der Waals surface area contributed by atoms with Gasteiger partial charge in [0.25, 0.3) is 11.5 Å². The van der Waals surface area contributed by atoms with E-state index in [1.54, 1.807) is 19.3 Å². The van der Waals surface area contributed by atoms with E-state index < -0.39 is 0 Å². The summed E-state index contributed by atoms with van der Waals surface area (Å²) in [5.41, 5.74) is -0.167. The Morgan fingerprint density at radius 2 is 2.33 bits per heavy atom. The van der Waals surface area contributed by atoms with E-state index in [1.807, 2.05) is 13.8 Å². The second kappa shape index (κ2) is 4.57. The molecular weight excluding hydrogens is 232 g/mol. The molecule has 1 aromatic rings. The fourth-order valence-corrected chi connectivity index (χ4v) is 2.02. The Hall–Kier alpha value is -1.62. The lowest BCUT2D eigenvalue weighted by molar-refractivity contribution is 0.0727. The average molecular weight is 250 g/mol. The molecule has 0 saturated carbocycles. The van der Waals surface area contributed by atoms with Crippen LogP contribution >= 0.6 is 0 Å². The molecule has 2 atom stereocenters. The topological polar surface area (TPSA) is 60.3 Å². The van der Waals surface area contributed by atoms with Crippen LogP contribution in [0.25, 0.3) is 0 Å². The van der Waals surface area contributed by atoms with Crippen LogP contribution < -0.4 is 10.9 Å². The van der Waals surface area contributed by atoms with Crippen molar-refractivity contribution in [3.05, 3.63) is 34.2 Å². The Balaban J connectivity index is 2.17. The van der Waals surface area contributed by atoms with E-state index in [1.165, 1.54) is 10.6 Å². The molecule has 2 heterocycles. The van der Waals surface area contributed by atoms with Crippen molar-refractivity contribution in [2.75, 3.05) is 6.61 Å². The van der Waals surface area contributed by atoms with Crippen LogP contribution in [0, 0.1) is 0 Å². The number of aryl methyl sites for hydroxylation is 1. The molecule has 5 heteroatoms. The van der Waals surface area contributed by atoms with Crippen molar-refractivity contribution < 1.29 is 9.53 Å². The van der Waals surface area contributed by atoms with Crippen LogP contribution in [0.3, 0.4) is 0 Å². The van der Waals surface area contributed by atoms with Gasteiger partial charge in [0.1, 0.15) is 0 Å². The summed E-state index contributed by atoms with van der Waals surface area (Å²) < 4.78 is 6.90. The zero-order valence-electron chi connectivity index (χ0n) is 10.9. The second-order valence-electron chi connectivity index (χ2n) is 5.00. The van der Waals surface area contributed by atoms with Crippen LogP contribution in [-0.2, 0) is 11.8 Å². The minimum Gasteiger partial charge on any atom is -0.376 e. The summed E-state index contributed by atoms with van der Waals surface area (Å²) >= 11 is 0. The number of carbonyl (C=O) groups is 1. The van der Waals surface area contributed by atoms with Crippen molar-refractivity contribution in [3.8, 4) is 0 Å². The van der Waals surface area contributed by atoms with Gasteiger partial charge in [-0.2, -0.15) is 0 Å². The Morgan fingerprint density at radius 1 is 1.61 bits per heavy atom. The first-order chi connectivity index (χ1) is 8.42. The number of amides is 1. The summed E-state index contributed by atoms with van der Waals surface area (Å²) in [5.74, 6) is -0.229. The molecule has 0 radical (unpaired) electrons. The fourth-order valence-electron chi connectivity index (χ4n) is 2.02. The predicted octanol–water partition coefficient (Wildman–Crippen LogP) is 0.683. The Bertz CT molecular complexity index is 523. The third-order valence-electron chi connectivity index (χ3n) is 3.65. The van der Waals surface area contributed by atoms with Crippen LogP contribution in [0.15, 0.2) is 23.1 Å². The SMILES string of the molecule is CC1OCCC1(C)NC(=O)c1ccn(C)c(=O)c1. The third kappa shape index (κ3) is 2.31. The number of carbonyl (C=O) groups excluding carboxylic acids is 1. The molecule has 1 N–H and O–H groups in total. The summed E-state index contributed by atoms with van der Waals surface area (Å²) in [6, 6.07) is 2.99. The van der Waals surface area contributed by atoms with Gasteiger partial charge in [-0.25, -0.2) is 0 Å². The van der Waals surface area contributed by atoms with E-state index >= 15 is 0 Å². The zero-order valence-corrected chi connectivity index (χ0v) is 10.9. The van der Waals surface area contributed by atoms with E-state index in [-0.39, 0.29) is 23.1 Å². The van der Waals surface area contributed by atoms with Gasteiger partial charge in [-0.1, -0.05) is 0 Å². The monoisotopic (exact) mass is 250 g/mol. The Morgan fingerprint density at radius 3 is 2.89 bits per heavy atom. The first kappa shape index (κ1) is 12.8. The number of rotatable bonds is 2. The summed E-state index contributed by atoms with van der Waals surface area (Å²) in [7, 11) is 1.65. The molecule has 18 heavy (non-hydrogen) atoms. The van der Waals surface area contributed by atoms with Crippen LogP contribution in [0.2, 0.25) is 0 Å². The lowest BCUT2D eigenvalue weighted by Crippen LogP contribution is -2.50. The number of pyridine rings is 1. The van der Waals surface area contributed by atoms with E-state index in [2.05, 4.69) is 5.32 Å². The summed E-state index contributed by atoms with van der Waals surface area (Å²) in [5, 5.41) is 2.96. The molecular formula is C13H18N2O3. The number of hydrogen-bond donors (Lipinski definition) is 1. The summed E-state index contributed by atoms with van der Waals surface area (Å²) in [6.07, 6.45) is 2.35. The molecule has 5 nitrogen and oxygen atoms in total. The molecule has 1 amide bonds. The predicted molar refractivity (Wildman–Crippen MR) is 67.6 cm³/mol. The van der Waals surface area contributed by atoms with Gasteiger partial charge in [0.05, 0.1) is 11.6 Å². The van der Waals surface area contributed by atoms with E-state index in [4.69, 9.17) is 4.74 Å². The summed E-state index contributed by atoms with van der Waals surface area (Å²) in [6.45, 7) is 4.55. The molecule has 98 valence electrons. The maximum Gasteiger partial charge on any atom is 0.252 e. The molecule has 1 aromatic heterocycles. The molecule has 0 aromatic carbocycles. The lowest BCUT2D eigenvalue weighted by atomic mass is 9.94. The highest BCUT2D eigenvalue weighted by Gasteiger charge is 2.38. The van der Waals surface area contributed by atoms with Crippen molar-refractivity contribution in [2.24, 2.45) is 7.05 Å². The van der Waals surface area contributed by atoms with Gasteiger partial charge in [0.2, 0.25) is 0 Å². The third-order valence-corrected chi connectivity index (χ3v) is 3.65. The molecule has 1 aliphatic rings. The maximum atomic E-state index is 12.1. The molecule has 0 spiro atoms. The minimum absolute atomic E-state index is 0.0204. The van der Waals surface area contributed by atoms with Crippen molar-refractivity contribution >= 4 is 5.91 Å².